The monoisotopic (exact) mass is 486 g/mol. The van der Waals surface area contributed by atoms with E-state index in [4.69, 9.17) is 33.8 Å². The molecule has 0 aliphatic carbocycles. The van der Waals surface area contributed by atoms with Crippen molar-refractivity contribution in [2.75, 3.05) is 41.3 Å². The average Bonchev–Trinajstić information content (AvgIpc) is 3.07. The average molecular weight is 487 g/mol. The van der Waals surface area contributed by atoms with E-state index >= 15 is 0 Å². The molecule has 0 radical (unpaired) electrons. The van der Waals surface area contributed by atoms with Gasteiger partial charge in [0, 0.05) is 43.8 Å². The molecule has 0 spiro atoms. The molecular formula is C25H35ClN6S. The predicted molar refractivity (Wildman–Crippen MR) is 142 cm³/mol. The highest BCUT2D eigenvalue weighted by Gasteiger charge is 2.24. The lowest BCUT2D eigenvalue weighted by molar-refractivity contribution is 0.355. The third-order valence-corrected chi connectivity index (χ3v) is 7.06. The largest absolute Gasteiger partial charge is 0.358 e. The maximum Gasteiger partial charge on any atom is 0.232 e. The molecule has 2 fully saturated rings. The first-order valence-electron chi connectivity index (χ1n) is 12.1. The molecule has 0 bridgehead atoms. The van der Waals surface area contributed by atoms with Gasteiger partial charge in [-0.15, -0.1) is 0 Å². The summed E-state index contributed by atoms with van der Waals surface area (Å²) in [6, 6.07) is 9.94. The molecule has 2 aromatic rings. The Morgan fingerprint density at radius 2 is 1.64 bits per heavy atom. The van der Waals surface area contributed by atoms with E-state index in [-0.39, 0.29) is 0 Å². The van der Waals surface area contributed by atoms with Gasteiger partial charge in [-0.1, -0.05) is 56.5 Å². The van der Waals surface area contributed by atoms with Gasteiger partial charge >= 0.3 is 0 Å². The van der Waals surface area contributed by atoms with E-state index in [0.29, 0.717) is 29.4 Å². The minimum absolute atomic E-state index is 0.495. The van der Waals surface area contributed by atoms with Crippen LogP contribution < -0.4 is 20.4 Å². The first-order chi connectivity index (χ1) is 16.0. The Hall–Kier alpha value is -2.12. The Morgan fingerprint density at radius 3 is 2.30 bits per heavy atom. The SMILES string of the molecule is C[C@H]1C[C@H](C)CN(c2cc(N3CCCCCC3)nc(NC(=S)NCc3ccccc3Cl)n2)C1. The normalized spacial score (nSPS) is 21.4. The molecule has 0 unspecified atom stereocenters. The highest BCUT2D eigenvalue weighted by Crippen LogP contribution is 2.29. The highest BCUT2D eigenvalue weighted by molar-refractivity contribution is 7.80. The Kier molecular flexibility index (Phi) is 8.25. The van der Waals surface area contributed by atoms with Crippen molar-refractivity contribution in [3.8, 4) is 0 Å². The van der Waals surface area contributed by atoms with Crippen molar-refractivity contribution in [1.82, 2.24) is 15.3 Å². The number of hydrogen-bond acceptors (Lipinski definition) is 5. The minimum Gasteiger partial charge on any atom is -0.358 e. The second-order valence-electron chi connectivity index (χ2n) is 9.56. The van der Waals surface area contributed by atoms with Gasteiger partial charge in [-0.25, -0.2) is 0 Å². The summed E-state index contributed by atoms with van der Waals surface area (Å²) in [7, 11) is 0. The van der Waals surface area contributed by atoms with Crippen LogP contribution in [0.4, 0.5) is 17.6 Å². The number of nitrogens with one attached hydrogen (secondary N) is 2. The molecule has 2 aliphatic heterocycles. The molecule has 0 saturated carbocycles. The van der Waals surface area contributed by atoms with Gasteiger partial charge in [-0.3, -0.25) is 0 Å². The van der Waals surface area contributed by atoms with Crippen LogP contribution in [0.25, 0.3) is 0 Å². The van der Waals surface area contributed by atoms with Crippen LogP contribution in [-0.4, -0.2) is 41.3 Å². The number of halogens is 1. The standard InChI is InChI=1S/C25H35ClN6S/c1-18-13-19(2)17-32(16-18)23-14-22(31-11-7-3-4-8-12-31)28-24(29-23)30-25(33)27-15-20-9-5-6-10-21(20)26/h5-6,9-10,14,18-19H,3-4,7-8,11-13,15-17H2,1-2H3,(H2,27,28,29,30,33)/t18-,19-/m0/s1. The minimum atomic E-state index is 0.495. The molecule has 6 nitrogen and oxygen atoms in total. The summed E-state index contributed by atoms with van der Waals surface area (Å²) in [5, 5.41) is 7.69. The number of nitrogens with zero attached hydrogens (tertiary/aromatic N) is 4. The molecule has 178 valence electrons. The second-order valence-corrected chi connectivity index (χ2v) is 10.4. The molecule has 2 N–H and O–H groups in total. The topological polar surface area (TPSA) is 56.3 Å². The molecule has 2 saturated heterocycles. The number of hydrogen-bond donors (Lipinski definition) is 2. The Balaban J connectivity index is 1.53. The molecule has 4 rings (SSSR count). The van der Waals surface area contributed by atoms with Gasteiger partial charge in [-0.2, -0.15) is 9.97 Å². The number of anilines is 3. The number of aromatic nitrogens is 2. The molecule has 8 heteroatoms. The molecule has 0 amide bonds. The molecule has 2 atom stereocenters. The summed E-state index contributed by atoms with van der Waals surface area (Å²) >= 11 is 11.8. The van der Waals surface area contributed by atoms with Crippen LogP contribution in [0.3, 0.4) is 0 Å². The van der Waals surface area contributed by atoms with E-state index in [9.17, 15) is 0 Å². The zero-order valence-electron chi connectivity index (χ0n) is 19.7. The van der Waals surface area contributed by atoms with Crippen molar-refractivity contribution in [1.29, 1.82) is 0 Å². The summed E-state index contributed by atoms with van der Waals surface area (Å²) in [6.07, 6.45) is 6.25. The van der Waals surface area contributed by atoms with Crippen molar-refractivity contribution < 1.29 is 0 Å². The van der Waals surface area contributed by atoms with Gasteiger partial charge in [0.25, 0.3) is 0 Å². The van der Waals surface area contributed by atoms with E-state index in [1.165, 1.54) is 32.1 Å². The summed E-state index contributed by atoms with van der Waals surface area (Å²) in [6.45, 7) is 9.32. The Morgan fingerprint density at radius 1 is 1.00 bits per heavy atom. The van der Waals surface area contributed by atoms with Gasteiger partial charge in [0.2, 0.25) is 5.95 Å². The van der Waals surface area contributed by atoms with Crippen molar-refractivity contribution in [2.45, 2.75) is 52.5 Å². The van der Waals surface area contributed by atoms with E-state index in [0.717, 1.165) is 48.4 Å². The summed E-state index contributed by atoms with van der Waals surface area (Å²) in [5.74, 6) is 3.83. The van der Waals surface area contributed by atoms with Crippen molar-refractivity contribution in [2.24, 2.45) is 11.8 Å². The van der Waals surface area contributed by atoms with Crippen LogP contribution in [-0.2, 0) is 6.54 Å². The first kappa shape index (κ1) is 24.0. The van der Waals surface area contributed by atoms with E-state index in [2.05, 4.69) is 40.3 Å². The van der Waals surface area contributed by atoms with Crippen molar-refractivity contribution in [3.05, 3.63) is 40.9 Å². The molecule has 1 aromatic heterocycles. The second kappa shape index (κ2) is 11.3. The third kappa shape index (κ3) is 6.70. The maximum absolute atomic E-state index is 6.28. The smallest absolute Gasteiger partial charge is 0.232 e. The van der Waals surface area contributed by atoms with Crippen LogP contribution in [0.5, 0.6) is 0 Å². The number of benzene rings is 1. The van der Waals surface area contributed by atoms with Crippen LogP contribution in [0.15, 0.2) is 30.3 Å². The Labute approximate surface area is 208 Å². The zero-order chi connectivity index (χ0) is 23.2. The van der Waals surface area contributed by atoms with Gasteiger partial charge in [0.1, 0.15) is 11.6 Å². The summed E-state index contributed by atoms with van der Waals surface area (Å²) in [4.78, 5) is 14.6. The predicted octanol–water partition coefficient (Wildman–Crippen LogP) is 5.48. The fourth-order valence-corrected chi connectivity index (χ4v) is 5.28. The fourth-order valence-electron chi connectivity index (χ4n) is 4.91. The van der Waals surface area contributed by atoms with Gasteiger partial charge in [0.05, 0.1) is 0 Å². The van der Waals surface area contributed by atoms with E-state index < -0.39 is 0 Å². The summed E-state index contributed by atoms with van der Waals surface area (Å²) < 4.78 is 0. The van der Waals surface area contributed by atoms with Gasteiger partial charge < -0.3 is 20.4 Å². The molecule has 1 aromatic carbocycles. The molecule has 2 aliphatic rings. The lowest BCUT2D eigenvalue weighted by Gasteiger charge is -2.36. The fraction of sp³-hybridized carbons (Fsp3) is 0.560. The van der Waals surface area contributed by atoms with E-state index in [1.807, 2.05) is 24.3 Å². The number of thiocarbonyl (C=S) groups is 1. The highest BCUT2D eigenvalue weighted by atomic mass is 35.5. The summed E-state index contributed by atoms with van der Waals surface area (Å²) in [5.41, 5.74) is 1.000. The molecule has 33 heavy (non-hydrogen) atoms. The van der Waals surface area contributed by atoms with Crippen LogP contribution >= 0.6 is 23.8 Å². The number of piperidine rings is 1. The molecule has 3 heterocycles. The number of rotatable bonds is 5. The van der Waals surface area contributed by atoms with Crippen molar-refractivity contribution >= 4 is 46.5 Å². The van der Waals surface area contributed by atoms with Gasteiger partial charge in [-0.05, 0) is 54.9 Å². The van der Waals surface area contributed by atoms with Crippen molar-refractivity contribution in [3.63, 3.8) is 0 Å². The first-order valence-corrected chi connectivity index (χ1v) is 12.9. The lowest BCUT2D eigenvalue weighted by Crippen LogP contribution is -2.39. The maximum atomic E-state index is 6.28. The Bertz CT molecular complexity index is 936. The lowest BCUT2D eigenvalue weighted by atomic mass is 9.92. The third-order valence-electron chi connectivity index (χ3n) is 6.44. The van der Waals surface area contributed by atoms with Crippen LogP contribution in [0, 0.1) is 11.8 Å². The quantitative estimate of drug-likeness (QED) is 0.542. The van der Waals surface area contributed by atoms with Gasteiger partial charge in [0.15, 0.2) is 5.11 Å². The van der Waals surface area contributed by atoms with Crippen LogP contribution in [0.1, 0.15) is 51.5 Å². The zero-order valence-corrected chi connectivity index (χ0v) is 21.3. The molecular weight excluding hydrogens is 452 g/mol. The van der Waals surface area contributed by atoms with E-state index in [1.54, 1.807) is 0 Å². The van der Waals surface area contributed by atoms with Crippen LogP contribution in [0.2, 0.25) is 5.02 Å².